The largest absolute Gasteiger partial charge is 0.465 e. The molecule has 0 atom stereocenters. The van der Waals surface area contributed by atoms with Crippen LogP contribution in [0.4, 0.5) is 5.69 Å². The molecule has 2 rings (SSSR count). The number of hydrogen-bond donors (Lipinski definition) is 2. The van der Waals surface area contributed by atoms with Gasteiger partial charge in [0.15, 0.2) is 0 Å². The van der Waals surface area contributed by atoms with E-state index in [1.807, 2.05) is 0 Å². The molecule has 1 amide bonds. The van der Waals surface area contributed by atoms with E-state index in [4.69, 9.17) is 5.73 Å². The summed E-state index contributed by atoms with van der Waals surface area (Å²) in [5, 5.41) is 2.64. The molecule has 1 saturated carbocycles. The number of ether oxygens (including phenoxy) is 2. The summed E-state index contributed by atoms with van der Waals surface area (Å²) in [5.74, 6) is -1.57. The van der Waals surface area contributed by atoms with Crippen LogP contribution >= 0.6 is 12.4 Å². The van der Waals surface area contributed by atoms with Gasteiger partial charge < -0.3 is 20.5 Å². The van der Waals surface area contributed by atoms with Gasteiger partial charge in [-0.2, -0.15) is 0 Å². The summed E-state index contributed by atoms with van der Waals surface area (Å²) < 4.78 is 9.27. The highest BCUT2D eigenvalue weighted by Gasteiger charge is 2.40. The van der Waals surface area contributed by atoms with E-state index in [2.05, 4.69) is 14.8 Å². The fraction of sp³-hybridized carbons (Fsp3) is 0.400. The molecule has 1 aliphatic rings. The van der Waals surface area contributed by atoms with Crippen LogP contribution in [0.1, 0.15) is 40.0 Å². The minimum absolute atomic E-state index is 0. The van der Waals surface area contributed by atoms with E-state index in [0.29, 0.717) is 18.5 Å². The van der Waals surface area contributed by atoms with Gasteiger partial charge >= 0.3 is 11.9 Å². The van der Waals surface area contributed by atoms with E-state index in [1.165, 1.54) is 32.4 Å². The molecule has 0 radical (unpaired) electrons. The van der Waals surface area contributed by atoms with Crippen molar-refractivity contribution in [3.05, 3.63) is 29.3 Å². The molecule has 0 bridgehead atoms. The van der Waals surface area contributed by atoms with Gasteiger partial charge in [-0.05, 0) is 37.5 Å². The van der Waals surface area contributed by atoms with Crippen molar-refractivity contribution in [2.45, 2.75) is 24.8 Å². The number of benzene rings is 1. The molecule has 0 spiro atoms. The lowest BCUT2D eigenvalue weighted by Crippen LogP contribution is -2.56. The van der Waals surface area contributed by atoms with Crippen LogP contribution in [0.15, 0.2) is 18.2 Å². The Morgan fingerprint density at radius 3 is 1.87 bits per heavy atom. The Balaban J connectivity index is 0.00000264. The molecular formula is C15H19ClN2O5. The number of methoxy groups -OCH3 is 2. The predicted octanol–water partition coefficient (Wildman–Crippen LogP) is 1.50. The zero-order valence-corrected chi connectivity index (χ0v) is 13.7. The summed E-state index contributed by atoms with van der Waals surface area (Å²) >= 11 is 0. The van der Waals surface area contributed by atoms with E-state index in [0.717, 1.165) is 6.42 Å². The average molecular weight is 343 g/mol. The van der Waals surface area contributed by atoms with Crippen molar-refractivity contribution >= 4 is 35.9 Å². The summed E-state index contributed by atoms with van der Waals surface area (Å²) in [7, 11) is 2.46. The molecule has 1 aromatic carbocycles. The number of hydrogen-bond acceptors (Lipinski definition) is 6. The second kappa shape index (κ2) is 7.43. The van der Waals surface area contributed by atoms with Crippen molar-refractivity contribution in [1.82, 2.24) is 0 Å². The molecule has 0 aliphatic heterocycles. The lowest BCUT2D eigenvalue weighted by atomic mass is 9.77. The number of carbonyl (C=O) groups is 3. The van der Waals surface area contributed by atoms with Crippen molar-refractivity contribution < 1.29 is 23.9 Å². The zero-order valence-electron chi connectivity index (χ0n) is 12.9. The lowest BCUT2D eigenvalue weighted by molar-refractivity contribution is -0.123. The van der Waals surface area contributed by atoms with Crippen molar-refractivity contribution in [2.24, 2.45) is 5.73 Å². The minimum atomic E-state index is -0.882. The van der Waals surface area contributed by atoms with Crippen molar-refractivity contribution in [3.8, 4) is 0 Å². The molecule has 0 saturated heterocycles. The fourth-order valence-corrected chi connectivity index (χ4v) is 2.21. The van der Waals surface area contributed by atoms with Crippen LogP contribution in [0.5, 0.6) is 0 Å². The van der Waals surface area contributed by atoms with Gasteiger partial charge in [0.25, 0.3) is 0 Å². The van der Waals surface area contributed by atoms with E-state index in [1.54, 1.807) is 0 Å². The molecule has 0 aromatic heterocycles. The number of halogens is 1. The molecule has 8 heteroatoms. The van der Waals surface area contributed by atoms with Gasteiger partial charge in [0.05, 0.1) is 30.9 Å². The maximum atomic E-state index is 12.1. The highest BCUT2D eigenvalue weighted by molar-refractivity contribution is 6.02. The Bertz CT molecular complexity index is 594. The van der Waals surface area contributed by atoms with Gasteiger partial charge in [0.2, 0.25) is 5.91 Å². The van der Waals surface area contributed by atoms with Crippen LogP contribution in [-0.2, 0) is 14.3 Å². The standard InChI is InChI=1S/C15H18N2O5.ClH/c1-21-12(18)9-6-10(13(19)22-2)8-11(7-9)17-14(20)15(16)4-3-5-15;/h6-8H,3-5,16H2,1-2H3,(H,17,20);1H. The fourth-order valence-electron chi connectivity index (χ4n) is 2.21. The first-order valence-electron chi connectivity index (χ1n) is 6.81. The molecule has 0 unspecified atom stereocenters. The van der Waals surface area contributed by atoms with Crippen LogP contribution in [0.3, 0.4) is 0 Å². The second-order valence-corrected chi connectivity index (χ2v) is 5.25. The smallest absolute Gasteiger partial charge is 0.337 e. The SMILES string of the molecule is COC(=O)c1cc(NC(=O)C2(N)CCC2)cc(C(=O)OC)c1.Cl. The van der Waals surface area contributed by atoms with E-state index >= 15 is 0 Å². The number of nitrogens with one attached hydrogen (secondary N) is 1. The molecule has 126 valence electrons. The molecule has 3 N–H and O–H groups in total. The van der Waals surface area contributed by atoms with E-state index in [-0.39, 0.29) is 29.4 Å². The number of anilines is 1. The summed E-state index contributed by atoms with van der Waals surface area (Å²) in [6.45, 7) is 0. The summed E-state index contributed by atoms with van der Waals surface area (Å²) in [5.41, 5.74) is 5.64. The molecule has 1 fully saturated rings. The van der Waals surface area contributed by atoms with E-state index < -0.39 is 17.5 Å². The van der Waals surface area contributed by atoms with Gasteiger partial charge in [0, 0.05) is 5.69 Å². The average Bonchev–Trinajstić information content (AvgIpc) is 2.50. The predicted molar refractivity (Wildman–Crippen MR) is 85.8 cm³/mol. The maximum absolute atomic E-state index is 12.1. The number of amides is 1. The van der Waals surface area contributed by atoms with Crippen molar-refractivity contribution in [3.63, 3.8) is 0 Å². The van der Waals surface area contributed by atoms with Crippen LogP contribution in [0.2, 0.25) is 0 Å². The third kappa shape index (κ3) is 4.00. The molecule has 7 nitrogen and oxygen atoms in total. The number of esters is 2. The van der Waals surface area contributed by atoms with Crippen LogP contribution in [0.25, 0.3) is 0 Å². The number of rotatable bonds is 4. The Kier molecular flexibility index (Phi) is 6.12. The first-order valence-corrected chi connectivity index (χ1v) is 6.81. The van der Waals surface area contributed by atoms with E-state index in [9.17, 15) is 14.4 Å². The summed E-state index contributed by atoms with van der Waals surface area (Å²) in [6.07, 6.45) is 2.12. The van der Waals surface area contributed by atoms with Gasteiger partial charge in [-0.15, -0.1) is 12.4 Å². The number of nitrogens with two attached hydrogens (primary N) is 1. The Labute approximate surface area is 139 Å². The lowest BCUT2D eigenvalue weighted by Gasteiger charge is -2.36. The topological polar surface area (TPSA) is 108 Å². The van der Waals surface area contributed by atoms with Crippen molar-refractivity contribution in [1.29, 1.82) is 0 Å². The Hall–Kier alpha value is -2.12. The maximum Gasteiger partial charge on any atom is 0.337 e. The summed E-state index contributed by atoms with van der Waals surface area (Å²) in [4.78, 5) is 35.5. The normalized spacial score (nSPS) is 14.7. The van der Waals surface area contributed by atoms with Crippen LogP contribution < -0.4 is 11.1 Å². The Morgan fingerprint density at radius 2 is 1.52 bits per heavy atom. The first-order chi connectivity index (χ1) is 10.4. The molecule has 1 aromatic rings. The van der Waals surface area contributed by atoms with Crippen molar-refractivity contribution in [2.75, 3.05) is 19.5 Å². The number of carbonyl (C=O) groups excluding carboxylic acids is 3. The van der Waals surface area contributed by atoms with Crippen LogP contribution in [-0.4, -0.2) is 37.6 Å². The molecule has 1 aliphatic carbocycles. The van der Waals surface area contributed by atoms with Gasteiger partial charge in [-0.3, -0.25) is 4.79 Å². The Morgan fingerprint density at radius 1 is 1.04 bits per heavy atom. The molecular weight excluding hydrogens is 324 g/mol. The zero-order chi connectivity index (χ0) is 16.3. The highest BCUT2D eigenvalue weighted by atomic mass is 35.5. The highest BCUT2D eigenvalue weighted by Crippen LogP contribution is 2.30. The first kappa shape index (κ1) is 18.9. The minimum Gasteiger partial charge on any atom is -0.465 e. The third-order valence-corrected chi connectivity index (χ3v) is 3.73. The van der Waals surface area contributed by atoms with Gasteiger partial charge in [-0.25, -0.2) is 9.59 Å². The molecule has 0 heterocycles. The monoisotopic (exact) mass is 342 g/mol. The van der Waals surface area contributed by atoms with Gasteiger partial charge in [0.1, 0.15) is 0 Å². The molecule has 23 heavy (non-hydrogen) atoms. The third-order valence-electron chi connectivity index (χ3n) is 3.73. The second-order valence-electron chi connectivity index (χ2n) is 5.25. The van der Waals surface area contributed by atoms with Crippen LogP contribution in [0, 0.1) is 0 Å². The summed E-state index contributed by atoms with van der Waals surface area (Å²) in [6, 6.07) is 4.20. The van der Waals surface area contributed by atoms with Gasteiger partial charge in [-0.1, -0.05) is 0 Å². The quantitative estimate of drug-likeness (QED) is 0.803.